The smallest absolute Gasteiger partial charge is 0.273 e. The van der Waals surface area contributed by atoms with Gasteiger partial charge in [-0.3, -0.25) is 14.9 Å². The molecule has 0 fully saturated rings. The molecule has 0 bridgehead atoms. The van der Waals surface area contributed by atoms with E-state index in [1.54, 1.807) is 30.3 Å². The predicted octanol–water partition coefficient (Wildman–Crippen LogP) is 2.30. The summed E-state index contributed by atoms with van der Waals surface area (Å²) in [6.07, 6.45) is 1.27. The number of amides is 1. The van der Waals surface area contributed by atoms with Crippen LogP contribution in [0.15, 0.2) is 47.6 Å². The number of nitrogens with zero attached hydrogens (tertiary/aromatic N) is 2. The molecule has 0 spiro atoms. The van der Waals surface area contributed by atoms with Gasteiger partial charge in [0.2, 0.25) is 5.91 Å². The lowest BCUT2D eigenvalue weighted by atomic mass is 10.1. The molecule has 0 unspecified atom stereocenters. The number of hydrogen-bond acceptors (Lipinski definition) is 6. The Kier molecular flexibility index (Phi) is 6.05. The molecule has 2 aromatic rings. The van der Waals surface area contributed by atoms with Crippen LogP contribution in [0, 0.1) is 10.1 Å². The van der Waals surface area contributed by atoms with Crippen molar-refractivity contribution in [1.82, 2.24) is 5.43 Å². The van der Waals surface area contributed by atoms with Gasteiger partial charge in [-0.1, -0.05) is 24.3 Å². The first-order valence-electron chi connectivity index (χ1n) is 7.32. The van der Waals surface area contributed by atoms with Crippen LogP contribution >= 0.6 is 0 Å². The highest BCUT2D eigenvalue weighted by Crippen LogP contribution is 2.29. The second-order valence-corrected chi connectivity index (χ2v) is 4.94. The van der Waals surface area contributed by atoms with Crippen LogP contribution in [0.3, 0.4) is 0 Å². The fraction of sp³-hybridized carbons (Fsp3) is 0.176. The van der Waals surface area contributed by atoms with E-state index in [2.05, 4.69) is 10.5 Å². The molecular formula is C17H17N3O5. The molecular weight excluding hydrogens is 326 g/mol. The van der Waals surface area contributed by atoms with Gasteiger partial charge in [-0.05, 0) is 12.1 Å². The van der Waals surface area contributed by atoms with Gasteiger partial charge in [-0.2, -0.15) is 5.10 Å². The molecule has 8 heteroatoms. The number of methoxy groups -OCH3 is 2. The molecule has 0 saturated carbocycles. The zero-order chi connectivity index (χ0) is 18.2. The van der Waals surface area contributed by atoms with Crippen LogP contribution in [-0.4, -0.2) is 31.3 Å². The first-order valence-corrected chi connectivity index (χ1v) is 7.32. The normalized spacial score (nSPS) is 10.5. The molecule has 0 aliphatic heterocycles. The molecule has 25 heavy (non-hydrogen) atoms. The van der Waals surface area contributed by atoms with Crippen LogP contribution in [0.25, 0.3) is 0 Å². The largest absolute Gasteiger partial charge is 0.493 e. The third-order valence-corrected chi connectivity index (χ3v) is 3.37. The van der Waals surface area contributed by atoms with Gasteiger partial charge >= 0.3 is 0 Å². The number of ether oxygens (including phenoxy) is 2. The minimum absolute atomic E-state index is 0.101. The molecule has 8 nitrogen and oxygen atoms in total. The minimum Gasteiger partial charge on any atom is -0.493 e. The number of carbonyl (C=O) groups is 1. The van der Waals surface area contributed by atoms with Crippen LogP contribution in [-0.2, 0) is 11.2 Å². The Hall–Kier alpha value is -3.42. The molecule has 0 atom stereocenters. The number of hydrogen-bond donors (Lipinski definition) is 1. The van der Waals surface area contributed by atoms with Crippen molar-refractivity contribution in [2.75, 3.05) is 14.2 Å². The Morgan fingerprint density at radius 1 is 1.20 bits per heavy atom. The second-order valence-electron chi connectivity index (χ2n) is 4.94. The van der Waals surface area contributed by atoms with Crippen molar-refractivity contribution in [1.29, 1.82) is 0 Å². The fourth-order valence-corrected chi connectivity index (χ4v) is 2.24. The van der Waals surface area contributed by atoms with Crippen molar-refractivity contribution >= 4 is 17.8 Å². The standard InChI is InChI=1S/C17H17N3O5/c1-24-15-9-5-7-13(17(15)25-2)11-18-19-16(21)10-12-6-3-4-8-14(12)20(22)23/h3-9,11H,10H2,1-2H3,(H,19,21)/b18-11+. The topological polar surface area (TPSA) is 103 Å². The summed E-state index contributed by atoms with van der Waals surface area (Å²) in [5.74, 6) is 0.562. The molecule has 0 aliphatic carbocycles. The van der Waals surface area contributed by atoms with Gasteiger partial charge in [0.15, 0.2) is 11.5 Å². The van der Waals surface area contributed by atoms with E-state index >= 15 is 0 Å². The highest BCUT2D eigenvalue weighted by atomic mass is 16.6. The van der Waals surface area contributed by atoms with Gasteiger partial charge in [-0.15, -0.1) is 0 Å². The van der Waals surface area contributed by atoms with Crippen molar-refractivity contribution in [3.8, 4) is 11.5 Å². The monoisotopic (exact) mass is 343 g/mol. The zero-order valence-corrected chi connectivity index (χ0v) is 13.8. The lowest BCUT2D eigenvalue weighted by Gasteiger charge is -2.09. The number of nitro benzene ring substituents is 1. The molecule has 1 N–H and O–H groups in total. The van der Waals surface area contributed by atoms with Gasteiger partial charge in [0.25, 0.3) is 5.69 Å². The lowest BCUT2D eigenvalue weighted by molar-refractivity contribution is -0.385. The van der Waals surface area contributed by atoms with E-state index in [1.165, 1.54) is 32.6 Å². The summed E-state index contributed by atoms with van der Waals surface area (Å²) in [4.78, 5) is 22.4. The van der Waals surface area contributed by atoms with Crippen LogP contribution in [0.5, 0.6) is 11.5 Å². The number of benzene rings is 2. The maximum absolute atomic E-state index is 12.0. The van der Waals surface area contributed by atoms with Gasteiger partial charge in [0, 0.05) is 17.2 Å². The van der Waals surface area contributed by atoms with E-state index in [1.807, 2.05) is 0 Å². The van der Waals surface area contributed by atoms with E-state index < -0.39 is 10.8 Å². The Labute approximate surface area is 144 Å². The highest BCUT2D eigenvalue weighted by molar-refractivity contribution is 5.87. The summed E-state index contributed by atoms with van der Waals surface area (Å²) < 4.78 is 10.4. The van der Waals surface area contributed by atoms with E-state index in [-0.39, 0.29) is 12.1 Å². The van der Waals surface area contributed by atoms with E-state index in [0.29, 0.717) is 22.6 Å². The van der Waals surface area contributed by atoms with Crippen LogP contribution in [0.2, 0.25) is 0 Å². The molecule has 0 heterocycles. The summed E-state index contributed by atoms with van der Waals surface area (Å²) in [7, 11) is 3.02. The number of rotatable bonds is 7. The number of hydrazone groups is 1. The van der Waals surface area contributed by atoms with Crippen molar-refractivity contribution in [3.05, 3.63) is 63.7 Å². The SMILES string of the molecule is COc1cccc(/C=N/NC(=O)Cc2ccccc2[N+](=O)[O-])c1OC. The summed E-state index contributed by atoms with van der Waals surface area (Å²) in [5, 5.41) is 14.8. The predicted molar refractivity (Wildman–Crippen MR) is 92.1 cm³/mol. The summed E-state index contributed by atoms with van der Waals surface area (Å²) in [5.41, 5.74) is 3.18. The van der Waals surface area contributed by atoms with Gasteiger partial charge in [0.05, 0.1) is 31.8 Å². The van der Waals surface area contributed by atoms with Gasteiger partial charge in [0.1, 0.15) is 0 Å². The first-order chi connectivity index (χ1) is 12.1. The van der Waals surface area contributed by atoms with Crippen LogP contribution in [0.1, 0.15) is 11.1 Å². The number of para-hydroxylation sites is 2. The number of nitro groups is 1. The summed E-state index contributed by atoms with van der Waals surface area (Å²) in [6.45, 7) is 0. The minimum atomic E-state index is -0.521. The van der Waals surface area contributed by atoms with E-state index in [4.69, 9.17) is 9.47 Å². The third kappa shape index (κ3) is 4.54. The molecule has 130 valence electrons. The Balaban J connectivity index is 2.06. The number of carbonyl (C=O) groups excluding carboxylic acids is 1. The lowest BCUT2D eigenvalue weighted by Crippen LogP contribution is -2.20. The Morgan fingerprint density at radius 2 is 1.96 bits per heavy atom. The molecule has 2 aromatic carbocycles. The summed E-state index contributed by atoms with van der Waals surface area (Å²) in [6, 6.07) is 11.3. The molecule has 0 saturated heterocycles. The van der Waals surface area contributed by atoms with Crippen molar-refractivity contribution in [2.45, 2.75) is 6.42 Å². The van der Waals surface area contributed by atoms with Crippen LogP contribution in [0.4, 0.5) is 5.69 Å². The molecule has 1 amide bonds. The third-order valence-electron chi connectivity index (χ3n) is 3.37. The maximum Gasteiger partial charge on any atom is 0.273 e. The second kappa shape index (κ2) is 8.44. The van der Waals surface area contributed by atoms with Crippen molar-refractivity contribution < 1.29 is 19.2 Å². The quantitative estimate of drug-likeness (QED) is 0.472. The maximum atomic E-state index is 12.0. The van der Waals surface area contributed by atoms with E-state index in [9.17, 15) is 14.9 Å². The molecule has 0 aliphatic rings. The first kappa shape index (κ1) is 17.9. The summed E-state index contributed by atoms with van der Waals surface area (Å²) >= 11 is 0. The number of nitrogens with one attached hydrogen (secondary N) is 1. The highest BCUT2D eigenvalue weighted by Gasteiger charge is 2.15. The fourth-order valence-electron chi connectivity index (χ4n) is 2.24. The van der Waals surface area contributed by atoms with Crippen LogP contribution < -0.4 is 14.9 Å². The average molecular weight is 343 g/mol. The zero-order valence-electron chi connectivity index (χ0n) is 13.8. The average Bonchev–Trinajstić information content (AvgIpc) is 2.61. The van der Waals surface area contributed by atoms with Crippen molar-refractivity contribution in [3.63, 3.8) is 0 Å². The Morgan fingerprint density at radius 3 is 2.64 bits per heavy atom. The van der Waals surface area contributed by atoms with Crippen molar-refractivity contribution in [2.24, 2.45) is 5.10 Å². The molecule has 0 aromatic heterocycles. The van der Waals surface area contributed by atoms with Gasteiger partial charge < -0.3 is 9.47 Å². The Bertz CT molecular complexity index is 805. The van der Waals surface area contributed by atoms with E-state index in [0.717, 1.165) is 0 Å². The molecule has 2 rings (SSSR count). The molecule has 0 radical (unpaired) electrons. The van der Waals surface area contributed by atoms with Gasteiger partial charge in [-0.25, -0.2) is 5.43 Å².